The van der Waals surface area contributed by atoms with Crippen molar-refractivity contribution in [2.24, 2.45) is 17.8 Å². The second-order valence-electron chi connectivity index (χ2n) is 10.2. The second kappa shape index (κ2) is 6.91. The van der Waals surface area contributed by atoms with Crippen LogP contribution in [0.15, 0.2) is 54.6 Å². The average Bonchev–Trinajstić information content (AvgIpc) is 2.77. The first kappa shape index (κ1) is 19.0. The number of ether oxygens (including phenoxy) is 1. The molecule has 0 aliphatic heterocycles. The van der Waals surface area contributed by atoms with Gasteiger partial charge in [0, 0.05) is 5.56 Å². The summed E-state index contributed by atoms with van der Waals surface area (Å²) in [6.45, 7) is 0. The molecule has 4 bridgehead atoms. The van der Waals surface area contributed by atoms with Gasteiger partial charge in [0.15, 0.2) is 0 Å². The predicted molar refractivity (Wildman–Crippen MR) is 121 cm³/mol. The lowest BCUT2D eigenvalue weighted by atomic mass is 9.48. The van der Waals surface area contributed by atoms with Gasteiger partial charge < -0.3 is 4.74 Å². The Morgan fingerprint density at radius 2 is 1.42 bits per heavy atom. The van der Waals surface area contributed by atoms with Gasteiger partial charge in [-0.15, -0.1) is 0 Å². The molecule has 0 saturated heterocycles. The van der Waals surface area contributed by atoms with E-state index >= 15 is 0 Å². The molecule has 0 N–H and O–H groups in total. The van der Waals surface area contributed by atoms with Crippen molar-refractivity contribution in [1.82, 2.24) is 0 Å². The number of carbonyl (C=O) groups excluding carboxylic acids is 1. The zero-order valence-electron chi connectivity index (χ0n) is 17.9. The first-order chi connectivity index (χ1) is 15.0. The van der Waals surface area contributed by atoms with Crippen LogP contribution >= 0.6 is 0 Å². The normalized spacial score (nSPS) is 28.8. The molecule has 3 aromatic carbocycles. The topological polar surface area (TPSA) is 26.3 Å². The summed E-state index contributed by atoms with van der Waals surface area (Å²) in [5.74, 6) is 3.67. The first-order valence-electron chi connectivity index (χ1n) is 11.5. The summed E-state index contributed by atoms with van der Waals surface area (Å²) in [5.41, 5.74) is 4.10. The molecule has 158 valence electrons. The Labute approximate surface area is 182 Å². The van der Waals surface area contributed by atoms with Crippen LogP contribution in [0.3, 0.4) is 0 Å². The van der Waals surface area contributed by atoms with Crippen molar-refractivity contribution in [2.75, 3.05) is 7.11 Å². The molecular formula is C28H27FO2. The summed E-state index contributed by atoms with van der Waals surface area (Å²) in [6, 6.07) is 16.4. The number of hydrogen-bond acceptors (Lipinski definition) is 2. The smallest absolute Gasteiger partial charge is 0.332 e. The van der Waals surface area contributed by atoms with E-state index in [0.717, 1.165) is 39.8 Å². The van der Waals surface area contributed by atoms with Crippen LogP contribution in [0, 0.1) is 17.8 Å². The van der Waals surface area contributed by atoms with E-state index in [1.807, 2.05) is 12.1 Å². The van der Waals surface area contributed by atoms with E-state index in [9.17, 15) is 9.18 Å². The van der Waals surface area contributed by atoms with Gasteiger partial charge in [-0.2, -0.15) is 4.39 Å². The van der Waals surface area contributed by atoms with E-state index < -0.39 is 6.04 Å². The maximum atomic E-state index is 13.1. The largest absolute Gasteiger partial charge is 0.496 e. The summed E-state index contributed by atoms with van der Waals surface area (Å²) >= 11 is 0. The molecule has 4 saturated carbocycles. The molecule has 4 aliphatic rings. The van der Waals surface area contributed by atoms with E-state index in [0.29, 0.717) is 0 Å². The molecule has 2 nitrogen and oxygen atoms in total. The van der Waals surface area contributed by atoms with Gasteiger partial charge in [0.1, 0.15) is 5.75 Å². The molecule has 4 fully saturated rings. The number of halogens is 1. The van der Waals surface area contributed by atoms with Crippen LogP contribution in [0.2, 0.25) is 0 Å². The SMILES string of the molecule is COc1ccc(-c2ccc3cc(C(=O)F)ccc3c2)cc1C12CC3CC(CC(C3)C1)C2. The third-order valence-corrected chi connectivity index (χ3v) is 8.21. The van der Waals surface area contributed by atoms with E-state index in [2.05, 4.69) is 30.3 Å². The highest BCUT2D eigenvalue weighted by Crippen LogP contribution is 2.62. The monoisotopic (exact) mass is 414 g/mol. The number of rotatable bonds is 4. The van der Waals surface area contributed by atoms with E-state index in [-0.39, 0.29) is 11.0 Å². The summed E-state index contributed by atoms with van der Waals surface area (Å²) in [5, 5.41) is 1.89. The van der Waals surface area contributed by atoms with Gasteiger partial charge in [-0.3, -0.25) is 4.79 Å². The molecule has 0 radical (unpaired) electrons. The van der Waals surface area contributed by atoms with Crippen LogP contribution in [-0.4, -0.2) is 13.1 Å². The van der Waals surface area contributed by atoms with Crippen LogP contribution in [-0.2, 0) is 5.41 Å². The molecule has 0 unspecified atom stereocenters. The third-order valence-electron chi connectivity index (χ3n) is 8.21. The predicted octanol–water partition coefficient (Wildman–Crippen LogP) is 7.09. The van der Waals surface area contributed by atoms with Gasteiger partial charge >= 0.3 is 6.04 Å². The Bertz CT molecular complexity index is 1160. The van der Waals surface area contributed by atoms with Gasteiger partial charge in [0.25, 0.3) is 0 Å². The van der Waals surface area contributed by atoms with Crippen LogP contribution in [0.1, 0.15) is 54.4 Å². The second-order valence-corrected chi connectivity index (χ2v) is 10.2. The first-order valence-corrected chi connectivity index (χ1v) is 11.5. The Hall–Kier alpha value is -2.68. The summed E-state index contributed by atoms with van der Waals surface area (Å²) in [6.07, 6.45) is 8.18. The minimum absolute atomic E-state index is 0.105. The van der Waals surface area contributed by atoms with Crippen molar-refractivity contribution >= 4 is 16.8 Å². The summed E-state index contributed by atoms with van der Waals surface area (Å²) in [4.78, 5) is 11.1. The molecule has 31 heavy (non-hydrogen) atoms. The van der Waals surface area contributed by atoms with Crippen molar-refractivity contribution in [2.45, 2.75) is 43.9 Å². The van der Waals surface area contributed by atoms with Crippen LogP contribution < -0.4 is 4.74 Å². The minimum Gasteiger partial charge on any atom is -0.496 e. The molecule has 0 atom stereocenters. The van der Waals surface area contributed by atoms with Crippen LogP contribution in [0.25, 0.3) is 21.9 Å². The van der Waals surface area contributed by atoms with Crippen molar-refractivity contribution in [1.29, 1.82) is 0 Å². The maximum absolute atomic E-state index is 13.1. The van der Waals surface area contributed by atoms with Gasteiger partial charge in [-0.1, -0.05) is 24.3 Å². The fourth-order valence-electron chi connectivity index (χ4n) is 7.29. The number of methoxy groups -OCH3 is 1. The van der Waals surface area contributed by atoms with Gasteiger partial charge in [-0.25, -0.2) is 0 Å². The lowest BCUT2D eigenvalue weighted by molar-refractivity contribution is -0.00613. The highest BCUT2D eigenvalue weighted by molar-refractivity contribution is 5.96. The third kappa shape index (κ3) is 3.09. The number of carbonyl (C=O) groups is 1. The van der Waals surface area contributed by atoms with E-state index in [1.54, 1.807) is 19.2 Å². The Morgan fingerprint density at radius 1 is 0.839 bits per heavy atom. The Balaban J connectivity index is 1.43. The molecule has 3 aromatic rings. The molecule has 0 heterocycles. The number of benzene rings is 3. The average molecular weight is 415 g/mol. The van der Waals surface area contributed by atoms with Gasteiger partial charge in [0.2, 0.25) is 0 Å². The van der Waals surface area contributed by atoms with Crippen molar-refractivity contribution in [3.63, 3.8) is 0 Å². The van der Waals surface area contributed by atoms with Crippen LogP contribution in [0.4, 0.5) is 4.39 Å². The lowest BCUT2D eigenvalue weighted by Crippen LogP contribution is -2.48. The standard InChI is InChI=1S/C28H27FO2/c1-31-26-7-6-23(21-2-3-22-12-24(27(29)30)5-4-20(22)11-21)13-25(26)28-14-17-8-18(15-28)10-19(9-17)16-28/h2-7,11-13,17-19H,8-10,14-16H2,1H3. The molecule has 3 heteroatoms. The zero-order chi connectivity index (χ0) is 21.2. The highest BCUT2D eigenvalue weighted by Gasteiger charge is 2.52. The van der Waals surface area contributed by atoms with Gasteiger partial charge in [-0.05, 0) is 114 Å². The highest BCUT2D eigenvalue weighted by atomic mass is 19.1. The van der Waals surface area contributed by atoms with Gasteiger partial charge in [0.05, 0.1) is 12.7 Å². The number of hydrogen-bond donors (Lipinski definition) is 0. The van der Waals surface area contributed by atoms with Crippen molar-refractivity contribution in [3.8, 4) is 16.9 Å². The fourth-order valence-corrected chi connectivity index (χ4v) is 7.29. The van der Waals surface area contributed by atoms with Crippen LogP contribution in [0.5, 0.6) is 5.75 Å². The van der Waals surface area contributed by atoms with Crippen molar-refractivity contribution < 1.29 is 13.9 Å². The molecule has 0 spiro atoms. The Kier molecular flexibility index (Phi) is 4.25. The quantitative estimate of drug-likeness (QED) is 0.426. The lowest BCUT2D eigenvalue weighted by Gasteiger charge is -2.57. The van der Waals surface area contributed by atoms with E-state index in [1.165, 1.54) is 49.7 Å². The zero-order valence-corrected chi connectivity index (χ0v) is 17.9. The molecule has 0 amide bonds. The minimum atomic E-state index is -1.39. The van der Waals surface area contributed by atoms with Crippen molar-refractivity contribution in [3.05, 3.63) is 65.7 Å². The molecule has 0 aromatic heterocycles. The fraction of sp³-hybridized carbons (Fsp3) is 0.393. The summed E-state index contributed by atoms with van der Waals surface area (Å²) in [7, 11) is 1.79. The molecule has 7 rings (SSSR count). The maximum Gasteiger partial charge on any atom is 0.332 e. The molecular weight excluding hydrogens is 387 g/mol. The Morgan fingerprint density at radius 3 is 2.06 bits per heavy atom. The molecule has 4 aliphatic carbocycles. The number of fused-ring (bicyclic) bond motifs is 1. The summed E-state index contributed by atoms with van der Waals surface area (Å²) < 4.78 is 18.9. The van der Waals surface area contributed by atoms with E-state index in [4.69, 9.17) is 4.74 Å².